The van der Waals surface area contributed by atoms with E-state index in [4.69, 9.17) is 4.74 Å². The average Bonchev–Trinajstić information content (AvgIpc) is 3.19. The monoisotopic (exact) mass is 349 g/mol. The molecular formula is C15H19N5O3S. The van der Waals surface area contributed by atoms with E-state index in [1.807, 2.05) is 18.4 Å². The second kappa shape index (κ2) is 6.68. The lowest BCUT2D eigenvalue weighted by Crippen LogP contribution is -2.42. The standard InChI is InChI=1S/C15H19N5O3S/c1-4-19-8-16-11-7-20(14(21)12-9(3)24-18-17-12)6-10(13(11)19)15(22)23-5-2/h8,10H,4-7H2,1-3H3. The van der Waals surface area contributed by atoms with Crippen LogP contribution >= 0.6 is 11.5 Å². The Labute approximate surface area is 143 Å². The molecule has 0 saturated heterocycles. The first kappa shape index (κ1) is 16.6. The number of hydrogen-bond donors (Lipinski definition) is 0. The molecule has 0 spiro atoms. The van der Waals surface area contributed by atoms with Crippen LogP contribution in [0.4, 0.5) is 0 Å². The van der Waals surface area contributed by atoms with Gasteiger partial charge in [-0.1, -0.05) is 4.49 Å². The van der Waals surface area contributed by atoms with Crippen LogP contribution in [0.3, 0.4) is 0 Å². The summed E-state index contributed by atoms with van der Waals surface area (Å²) in [6, 6.07) is 0. The number of carbonyl (C=O) groups excluding carboxylic acids is 2. The Hall–Kier alpha value is -2.29. The number of carbonyl (C=O) groups is 2. The third-order valence-electron chi connectivity index (χ3n) is 4.09. The molecule has 0 radical (unpaired) electrons. The lowest BCUT2D eigenvalue weighted by molar-refractivity contribution is -0.145. The van der Waals surface area contributed by atoms with Crippen LogP contribution in [0.1, 0.15) is 46.5 Å². The van der Waals surface area contributed by atoms with Crippen molar-refractivity contribution in [3.8, 4) is 0 Å². The average molecular weight is 349 g/mol. The smallest absolute Gasteiger partial charge is 0.316 e. The third kappa shape index (κ3) is 2.79. The molecule has 0 aliphatic carbocycles. The summed E-state index contributed by atoms with van der Waals surface area (Å²) >= 11 is 1.19. The van der Waals surface area contributed by atoms with Gasteiger partial charge in [-0.15, -0.1) is 5.10 Å². The van der Waals surface area contributed by atoms with Gasteiger partial charge in [-0.05, 0) is 32.3 Å². The molecule has 2 aromatic rings. The number of nitrogens with zero attached hydrogens (tertiary/aromatic N) is 5. The number of ether oxygens (including phenoxy) is 1. The molecule has 0 N–H and O–H groups in total. The Morgan fingerprint density at radius 3 is 2.83 bits per heavy atom. The van der Waals surface area contributed by atoms with Gasteiger partial charge in [0, 0.05) is 13.1 Å². The van der Waals surface area contributed by atoms with Gasteiger partial charge < -0.3 is 14.2 Å². The van der Waals surface area contributed by atoms with E-state index in [1.165, 1.54) is 11.5 Å². The number of aryl methyl sites for hydroxylation is 2. The summed E-state index contributed by atoms with van der Waals surface area (Å²) in [5.41, 5.74) is 1.91. The van der Waals surface area contributed by atoms with Gasteiger partial charge in [-0.2, -0.15) is 0 Å². The quantitative estimate of drug-likeness (QED) is 0.774. The van der Waals surface area contributed by atoms with E-state index in [1.54, 1.807) is 18.2 Å². The van der Waals surface area contributed by atoms with Gasteiger partial charge in [0.25, 0.3) is 5.91 Å². The van der Waals surface area contributed by atoms with E-state index in [9.17, 15) is 9.59 Å². The molecule has 1 amide bonds. The zero-order valence-corrected chi connectivity index (χ0v) is 14.7. The van der Waals surface area contributed by atoms with Crippen LogP contribution < -0.4 is 0 Å². The summed E-state index contributed by atoms with van der Waals surface area (Å²) < 4.78 is 11.0. The van der Waals surface area contributed by atoms with E-state index >= 15 is 0 Å². The van der Waals surface area contributed by atoms with Crippen LogP contribution in [0.5, 0.6) is 0 Å². The first-order valence-electron chi connectivity index (χ1n) is 7.85. The largest absolute Gasteiger partial charge is 0.465 e. The number of aromatic nitrogens is 4. The minimum Gasteiger partial charge on any atom is -0.465 e. The lowest BCUT2D eigenvalue weighted by Gasteiger charge is -2.31. The van der Waals surface area contributed by atoms with Crippen LogP contribution in [0.15, 0.2) is 6.33 Å². The van der Waals surface area contributed by atoms with E-state index in [0.717, 1.165) is 16.3 Å². The maximum Gasteiger partial charge on any atom is 0.316 e. The molecular weight excluding hydrogens is 330 g/mol. The molecule has 1 atom stereocenters. The second-order valence-electron chi connectivity index (χ2n) is 5.53. The fourth-order valence-electron chi connectivity index (χ4n) is 2.92. The maximum absolute atomic E-state index is 12.7. The predicted molar refractivity (Wildman–Crippen MR) is 86.7 cm³/mol. The van der Waals surface area contributed by atoms with Crippen molar-refractivity contribution < 1.29 is 14.3 Å². The van der Waals surface area contributed by atoms with Crippen molar-refractivity contribution in [1.29, 1.82) is 0 Å². The summed E-state index contributed by atoms with van der Waals surface area (Å²) in [7, 11) is 0. The highest BCUT2D eigenvalue weighted by Crippen LogP contribution is 2.30. The summed E-state index contributed by atoms with van der Waals surface area (Å²) in [5.74, 6) is -1.10. The van der Waals surface area contributed by atoms with E-state index in [-0.39, 0.29) is 18.4 Å². The maximum atomic E-state index is 12.7. The summed E-state index contributed by atoms with van der Waals surface area (Å²) in [6.07, 6.45) is 1.71. The van der Waals surface area contributed by atoms with Gasteiger partial charge >= 0.3 is 5.97 Å². The molecule has 128 valence electrons. The normalized spacial score (nSPS) is 16.8. The van der Waals surface area contributed by atoms with Crippen LogP contribution in [-0.4, -0.2) is 49.1 Å². The summed E-state index contributed by atoms with van der Waals surface area (Å²) in [6.45, 7) is 7.19. The fourth-order valence-corrected chi connectivity index (χ4v) is 3.38. The van der Waals surface area contributed by atoms with Gasteiger partial charge in [-0.3, -0.25) is 9.59 Å². The molecule has 1 aliphatic heterocycles. The number of hydrogen-bond acceptors (Lipinski definition) is 7. The van der Waals surface area contributed by atoms with Gasteiger partial charge in [0.15, 0.2) is 5.69 Å². The van der Waals surface area contributed by atoms with Crippen molar-refractivity contribution >= 4 is 23.4 Å². The zero-order chi connectivity index (χ0) is 17.3. The Morgan fingerprint density at radius 1 is 1.42 bits per heavy atom. The molecule has 3 heterocycles. The minimum absolute atomic E-state index is 0.229. The number of imidazole rings is 1. The topological polar surface area (TPSA) is 90.2 Å². The predicted octanol–water partition coefficient (Wildman–Crippen LogP) is 1.37. The molecule has 0 saturated carbocycles. The summed E-state index contributed by atoms with van der Waals surface area (Å²) in [5, 5.41) is 3.91. The molecule has 1 unspecified atom stereocenters. The second-order valence-corrected chi connectivity index (χ2v) is 6.49. The molecule has 8 nitrogen and oxygen atoms in total. The van der Waals surface area contributed by atoms with Crippen molar-refractivity contribution in [3.05, 3.63) is 28.3 Å². The van der Waals surface area contributed by atoms with Crippen molar-refractivity contribution in [2.24, 2.45) is 0 Å². The first-order chi connectivity index (χ1) is 11.6. The molecule has 24 heavy (non-hydrogen) atoms. The number of amides is 1. The molecule has 2 aromatic heterocycles. The van der Waals surface area contributed by atoms with E-state index in [0.29, 0.717) is 25.4 Å². The Morgan fingerprint density at radius 2 is 2.21 bits per heavy atom. The van der Waals surface area contributed by atoms with Gasteiger partial charge in [0.1, 0.15) is 5.92 Å². The van der Waals surface area contributed by atoms with Gasteiger partial charge in [0.05, 0.1) is 35.7 Å². The molecule has 9 heteroatoms. The van der Waals surface area contributed by atoms with Crippen molar-refractivity contribution in [2.45, 2.75) is 39.8 Å². The molecule has 1 aliphatic rings. The fraction of sp³-hybridized carbons (Fsp3) is 0.533. The van der Waals surface area contributed by atoms with Crippen LogP contribution in [0.2, 0.25) is 0 Å². The molecule has 0 aromatic carbocycles. The van der Waals surface area contributed by atoms with Crippen molar-refractivity contribution in [3.63, 3.8) is 0 Å². The highest BCUT2D eigenvalue weighted by Gasteiger charge is 2.38. The zero-order valence-electron chi connectivity index (χ0n) is 13.9. The molecule has 0 fully saturated rings. The number of esters is 1. The highest BCUT2D eigenvalue weighted by molar-refractivity contribution is 7.05. The van der Waals surface area contributed by atoms with Crippen LogP contribution in [-0.2, 0) is 22.6 Å². The lowest BCUT2D eigenvalue weighted by atomic mass is 9.97. The minimum atomic E-state index is -0.535. The van der Waals surface area contributed by atoms with Crippen LogP contribution in [0.25, 0.3) is 0 Å². The van der Waals surface area contributed by atoms with E-state index in [2.05, 4.69) is 14.6 Å². The van der Waals surface area contributed by atoms with E-state index < -0.39 is 5.92 Å². The Balaban J connectivity index is 1.94. The number of fused-ring (bicyclic) bond motifs is 1. The highest BCUT2D eigenvalue weighted by atomic mass is 32.1. The Bertz CT molecular complexity index is 769. The SMILES string of the molecule is CCOC(=O)C1CN(C(=O)c2nnsc2C)Cc2ncn(CC)c21. The van der Waals surface area contributed by atoms with Crippen molar-refractivity contribution in [1.82, 2.24) is 24.0 Å². The third-order valence-corrected chi connectivity index (χ3v) is 4.72. The molecule has 0 bridgehead atoms. The van der Waals surface area contributed by atoms with Crippen molar-refractivity contribution in [2.75, 3.05) is 13.2 Å². The molecule has 3 rings (SSSR count). The number of rotatable bonds is 4. The first-order valence-corrected chi connectivity index (χ1v) is 8.62. The summed E-state index contributed by atoms with van der Waals surface area (Å²) in [4.78, 5) is 31.9. The van der Waals surface area contributed by atoms with Crippen LogP contribution in [0, 0.1) is 6.92 Å². The van der Waals surface area contributed by atoms with Gasteiger partial charge in [-0.25, -0.2) is 4.98 Å². The van der Waals surface area contributed by atoms with Gasteiger partial charge in [0.2, 0.25) is 0 Å². The Kier molecular flexibility index (Phi) is 4.61.